The average Bonchev–Trinajstić information content (AvgIpc) is 2.14. The molecule has 0 bridgehead atoms. The lowest BCUT2D eigenvalue weighted by molar-refractivity contribution is -0.137. The monoisotopic (exact) mass is 198 g/mol. The van der Waals surface area contributed by atoms with Crippen LogP contribution in [0.25, 0.3) is 0 Å². The summed E-state index contributed by atoms with van der Waals surface area (Å²) >= 11 is 1.34. The van der Waals surface area contributed by atoms with Gasteiger partial charge in [0.25, 0.3) is 0 Å². The first-order valence-corrected chi connectivity index (χ1v) is 4.69. The fourth-order valence-corrected chi connectivity index (χ4v) is 1.46. The van der Waals surface area contributed by atoms with Crippen molar-refractivity contribution in [2.75, 3.05) is 12.9 Å². The molecule has 0 N–H and O–H groups in total. The Kier molecular flexibility index (Phi) is 3.70. The van der Waals surface area contributed by atoms with E-state index >= 15 is 0 Å². The van der Waals surface area contributed by atoms with E-state index in [0.717, 1.165) is 10.7 Å². The third-order valence-electron chi connectivity index (χ3n) is 1.34. The number of rotatable bonds is 3. The molecule has 0 aliphatic heterocycles. The second-order valence-electron chi connectivity index (χ2n) is 2.36. The molecule has 0 aromatic carbocycles. The minimum Gasteiger partial charge on any atom is -0.468 e. The zero-order valence-electron chi connectivity index (χ0n) is 7.48. The van der Waals surface area contributed by atoms with Crippen molar-refractivity contribution in [3.63, 3.8) is 0 Å². The second kappa shape index (κ2) is 4.81. The number of methoxy groups -OCH3 is 1. The standard InChI is InChI=1S/C8H10N2O2S/c1-6-3-7(10-5-9-6)13-4-8(11)12-2/h3,5H,4H2,1-2H3. The van der Waals surface area contributed by atoms with Gasteiger partial charge in [-0.3, -0.25) is 4.79 Å². The molecule has 0 amide bonds. The van der Waals surface area contributed by atoms with Crippen molar-refractivity contribution in [2.24, 2.45) is 0 Å². The van der Waals surface area contributed by atoms with Gasteiger partial charge >= 0.3 is 5.97 Å². The van der Waals surface area contributed by atoms with Crippen molar-refractivity contribution in [3.05, 3.63) is 18.1 Å². The van der Waals surface area contributed by atoms with E-state index < -0.39 is 0 Å². The molecule has 13 heavy (non-hydrogen) atoms. The van der Waals surface area contributed by atoms with Gasteiger partial charge in [-0.2, -0.15) is 0 Å². The zero-order valence-corrected chi connectivity index (χ0v) is 8.30. The van der Waals surface area contributed by atoms with Gasteiger partial charge in [0.1, 0.15) is 11.4 Å². The first-order valence-electron chi connectivity index (χ1n) is 3.70. The third-order valence-corrected chi connectivity index (χ3v) is 2.24. The van der Waals surface area contributed by atoms with Gasteiger partial charge in [-0.25, -0.2) is 9.97 Å². The number of aryl methyl sites for hydroxylation is 1. The Morgan fingerprint density at radius 2 is 2.38 bits per heavy atom. The molecule has 5 heteroatoms. The van der Waals surface area contributed by atoms with Crippen LogP contribution in [0.15, 0.2) is 17.4 Å². The highest BCUT2D eigenvalue weighted by atomic mass is 32.2. The average molecular weight is 198 g/mol. The Morgan fingerprint density at radius 1 is 1.62 bits per heavy atom. The van der Waals surface area contributed by atoms with Crippen LogP contribution in [0, 0.1) is 6.92 Å². The van der Waals surface area contributed by atoms with E-state index in [1.807, 2.05) is 13.0 Å². The molecule has 0 fully saturated rings. The maximum Gasteiger partial charge on any atom is 0.316 e. The Bertz CT molecular complexity index is 304. The number of hydrogen-bond donors (Lipinski definition) is 0. The minimum absolute atomic E-state index is 0.249. The van der Waals surface area contributed by atoms with Crippen molar-refractivity contribution >= 4 is 17.7 Å². The van der Waals surface area contributed by atoms with Crippen LogP contribution in [0.2, 0.25) is 0 Å². The first-order chi connectivity index (χ1) is 6.22. The van der Waals surface area contributed by atoms with Gasteiger partial charge in [-0.15, -0.1) is 0 Å². The van der Waals surface area contributed by atoms with E-state index in [1.165, 1.54) is 25.2 Å². The third kappa shape index (κ3) is 3.42. The maximum atomic E-state index is 10.8. The van der Waals surface area contributed by atoms with Gasteiger partial charge in [-0.1, -0.05) is 11.8 Å². The van der Waals surface area contributed by atoms with E-state index in [4.69, 9.17) is 0 Å². The number of esters is 1. The molecule has 70 valence electrons. The summed E-state index contributed by atoms with van der Waals surface area (Å²) < 4.78 is 4.50. The molecule has 0 aliphatic carbocycles. The normalized spacial score (nSPS) is 9.69. The Morgan fingerprint density at radius 3 is 3.00 bits per heavy atom. The summed E-state index contributed by atoms with van der Waals surface area (Å²) in [7, 11) is 1.37. The summed E-state index contributed by atoms with van der Waals surface area (Å²) in [5.41, 5.74) is 0.891. The van der Waals surface area contributed by atoms with Crippen molar-refractivity contribution in [3.8, 4) is 0 Å². The van der Waals surface area contributed by atoms with Gasteiger partial charge in [-0.05, 0) is 13.0 Å². The van der Waals surface area contributed by atoms with Gasteiger partial charge in [0.2, 0.25) is 0 Å². The van der Waals surface area contributed by atoms with Gasteiger partial charge in [0.05, 0.1) is 12.9 Å². The quantitative estimate of drug-likeness (QED) is 0.413. The number of aromatic nitrogens is 2. The molecule has 0 atom stereocenters. The molecule has 0 radical (unpaired) electrons. The SMILES string of the molecule is COC(=O)CSc1cc(C)ncn1. The van der Waals surface area contributed by atoms with E-state index in [9.17, 15) is 4.79 Å². The fraction of sp³-hybridized carbons (Fsp3) is 0.375. The van der Waals surface area contributed by atoms with Crippen LogP contribution in [0.3, 0.4) is 0 Å². The van der Waals surface area contributed by atoms with Crippen molar-refractivity contribution < 1.29 is 9.53 Å². The van der Waals surface area contributed by atoms with Crippen molar-refractivity contribution in [1.82, 2.24) is 9.97 Å². The second-order valence-corrected chi connectivity index (χ2v) is 3.36. The number of carbonyl (C=O) groups excluding carboxylic acids is 1. The molecule has 1 aromatic heterocycles. The molecule has 4 nitrogen and oxygen atoms in total. The van der Waals surface area contributed by atoms with Gasteiger partial charge in [0, 0.05) is 5.69 Å². The van der Waals surface area contributed by atoms with Crippen LogP contribution in [-0.4, -0.2) is 28.8 Å². The Labute approximate surface area is 80.7 Å². The molecule has 1 heterocycles. The molecule has 0 saturated carbocycles. The van der Waals surface area contributed by atoms with E-state index in [0.29, 0.717) is 0 Å². The highest BCUT2D eigenvalue weighted by Gasteiger charge is 2.02. The zero-order chi connectivity index (χ0) is 9.68. The summed E-state index contributed by atoms with van der Waals surface area (Å²) in [6.45, 7) is 1.88. The Hall–Kier alpha value is -1.10. The highest BCUT2D eigenvalue weighted by Crippen LogP contribution is 2.14. The molecule has 1 rings (SSSR count). The van der Waals surface area contributed by atoms with E-state index in [2.05, 4.69) is 14.7 Å². The van der Waals surface area contributed by atoms with E-state index in [-0.39, 0.29) is 11.7 Å². The van der Waals surface area contributed by atoms with Crippen LogP contribution in [0.5, 0.6) is 0 Å². The summed E-state index contributed by atoms with van der Waals surface area (Å²) in [6.07, 6.45) is 1.48. The summed E-state index contributed by atoms with van der Waals surface area (Å²) in [5, 5.41) is 0.790. The first kappa shape index (κ1) is 9.98. The number of nitrogens with zero attached hydrogens (tertiary/aromatic N) is 2. The van der Waals surface area contributed by atoms with Crippen LogP contribution in [0.1, 0.15) is 5.69 Å². The molecule has 0 unspecified atom stereocenters. The number of ether oxygens (including phenoxy) is 1. The summed E-state index contributed by atoms with van der Waals surface area (Å²) in [6, 6.07) is 1.83. The summed E-state index contributed by atoms with van der Waals surface area (Å²) in [4.78, 5) is 18.7. The number of hydrogen-bond acceptors (Lipinski definition) is 5. The molecule has 0 spiro atoms. The molecule has 0 aliphatic rings. The van der Waals surface area contributed by atoms with Gasteiger partial charge in [0.15, 0.2) is 0 Å². The predicted molar refractivity (Wildman–Crippen MR) is 49.5 cm³/mol. The van der Waals surface area contributed by atoms with Crippen LogP contribution in [0.4, 0.5) is 0 Å². The smallest absolute Gasteiger partial charge is 0.316 e. The Balaban J connectivity index is 2.50. The lowest BCUT2D eigenvalue weighted by Crippen LogP contribution is -2.03. The van der Waals surface area contributed by atoms with Crippen molar-refractivity contribution in [2.45, 2.75) is 11.9 Å². The lowest BCUT2D eigenvalue weighted by Gasteiger charge is -1.99. The highest BCUT2D eigenvalue weighted by molar-refractivity contribution is 7.99. The van der Waals surface area contributed by atoms with Crippen LogP contribution < -0.4 is 0 Å². The molecule has 1 aromatic rings. The van der Waals surface area contributed by atoms with E-state index in [1.54, 1.807) is 0 Å². The largest absolute Gasteiger partial charge is 0.468 e. The van der Waals surface area contributed by atoms with Crippen LogP contribution in [-0.2, 0) is 9.53 Å². The maximum absolute atomic E-state index is 10.8. The van der Waals surface area contributed by atoms with Crippen molar-refractivity contribution in [1.29, 1.82) is 0 Å². The number of carbonyl (C=O) groups is 1. The topological polar surface area (TPSA) is 52.1 Å². The molecule has 0 saturated heterocycles. The lowest BCUT2D eigenvalue weighted by atomic mass is 10.5. The van der Waals surface area contributed by atoms with Gasteiger partial charge < -0.3 is 4.74 Å². The van der Waals surface area contributed by atoms with Crippen LogP contribution >= 0.6 is 11.8 Å². The minimum atomic E-state index is -0.249. The number of thioether (sulfide) groups is 1. The predicted octanol–water partition coefficient (Wildman–Crippen LogP) is 1.05. The summed E-state index contributed by atoms with van der Waals surface area (Å²) in [5.74, 6) is 0.0358. The molecular formula is C8H10N2O2S. The fourth-order valence-electron chi connectivity index (χ4n) is 0.701. The molecular weight excluding hydrogens is 188 g/mol.